The minimum atomic E-state index is -0.903. The Kier molecular flexibility index (Phi) is 3.60. The highest BCUT2D eigenvalue weighted by molar-refractivity contribution is 5.76. The van der Waals surface area contributed by atoms with E-state index in [0.717, 1.165) is 0 Å². The van der Waals surface area contributed by atoms with Gasteiger partial charge in [0, 0.05) is 12.1 Å². The zero-order valence-corrected chi connectivity index (χ0v) is 9.06. The zero-order chi connectivity index (χ0) is 11.4. The summed E-state index contributed by atoms with van der Waals surface area (Å²) in [5, 5.41) is 11.5. The smallest absolute Gasteiger partial charge is 0.325 e. The predicted molar refractivity (Wildman–Crippen MR) is 56.8 cm³/mol. The third-order valence-electron chi connectivity index (χ3n) is 1.93. The molecule has 0 spiro atoms. The van der Waals surface area contributed by atoms with E-state index in [0.29, 0.717) is 11.6 Å². The molecule has 0 aliphatic rings. The maximum Gasteiger partial charge on any atom is 0.325 e. The van der Waals surface area contributed by atoms with Crippen molar-refractivity contribution in [2.45, 2.75) is 32.7 Å². The second kappa shape index (κ2) is 4.72. The summed E-state index contributed by atoms with van der Waals surface area (Å²) in [6, 6.07) is 1.01. The maximum absolute atomic E-state index is 10.6. The van der Waals surface area contributed by atoms with Gasteiger partial charge in [-0.05, 0) is 13.0 Å². The van der Waals surface area contributed by atoms with E-state index in [2.05, 4.69) is 15.3 Å². The number of carbonyl (C=O) groups is 1. The van der Waals surface area contributed by atoms with Crippen LogP contribution >= 0.6 is 0 Å². The molecule has 0 aliphatic carbocycles. The van der Waals surface area contributed by atoms with Gasteiger partial charge in [0.1, 0.15) is 17.7 Å². The highest BCUT2D eigenvalue weighted by atomic mass is 16.4. The van der Waals surface area contributed by atoms with Crippen molar-refractivity contribution in [3.8, 4) is 0 Å². The average molecular weight is 209 g/mol. The fourth-order valence-corrected chi connectivity index (χ4v) is 1.02. The summed E-state index contributed by atoms with van der Waals surface area (Å²) < 4.78 is 0. The molecule has 1 heterocycles. The van der Waals surface area contributed by atoms with Gasteiger partial charge in [-0.1, -0.05) is 13.8 Å². The van der Waals surface area contributed by atoms with Crippen LogP contribution in [-0.2, 0) is 4.79 Å². The number of hydrogen-bond acceptors (Lipinski definition) is 4. The average Bonchev–Trinajstić information content (AvgIpc) is 2.18. The van der Waals surface area contributed by atoms with E-state index >= 15 is 0 Å². The lowest BCUT2D eigenvalue weighted by atomic mass is 10.2. The first kappa shape index (κ1) is 11.4. The Bertz CT molecular complexity index is 352. The largest absolute Gasteiger partial charge is 0.480 e. The van der Waals surface area contributed by atoms with Gasteiger partial charge in [0.05, 0.1) is 0 Å². The molecule has 0 fully saturated rings. The van der Waals surface area contributed by atoms with Crippen molar-refractivity contribution in [2.75, 3.05) is 5.32 Å². The van der Waals surface area contributed by atoms with E-state index in [4.69, 9.17) is 5.11 Å². The van der Waals surface area contributed by atoms with Crippen LogP contribution in [0.2, 0.25) is 0 Å². The van der Waals surface area contributed by atoms with E-state index in [1.165, 1.54) is 0 Å². The molecule has 5 nitrogen and oxygen atoms in total. The van der Waals surface area contributed by atoms with Gasteiger partial charge in [-0.25, -0.2) is 9.97 Å². The van der Waals surface area contributed by atoms with Gasteiger partial charge < -0.3 is 10.4 Å². The summed E-state index contributed by atoms with van der Waals surface area (Å²) in [5.41, 5.74) is 0. The summed E-state index contributed by atoms with van der Waals surface area (Å²) >= 11 is 0. The molecule has 0 amide bonds. The van der Waals surface area contributed by atoms with Crippen molar-refractivity contribution in [2.24, 2.45) is 0 Å². The first-order valence-corrected chi connectivity index (χ1v) is 4.83. The van der Waals surface area contributed by atoms with Gasteiger partial charge in [-0.3, -0.25) is 4.79 Å². The molecule has 2 N–H and O–H groups in total. The van der Waals surface area contributed by atoms with Crippen molar-refractivity contribution in [1.29, 1.82) is 0 Å². The first-order valence-electron chi connectivity index (χ1n) is 4.83. The van der Waals surface area contributed by atoms with Crippen LogP contribution in [0, 0.1) is 0 Å². The molecule has 0 aromatic carbocycles. The SMILES string of the molecule is CC(C)c1nccc(N[C@H](C)C(=O)O)n1. The second-order valence-corrected chi connectivity index (χ2v) is 3.66. The fraction of sp³-hybridized carbons (Fsp3) is 0.500. The number of rotatable bonds is 4. The molecule has 0 bridgehead atoms. The molecular formula is C10H15N3O2. The van der Waals surface area contributed by atoms with E-state index < -0.39 is 12.0 Å². The van der Waals surface area contributed by atoms with Gasteiger partial charge in [0.25, 0.3) is 0 Å². The van der Waals surface area contributed by atoms with Crippen molar-refractivity contribution >= 4 is 11.8 Å². The van der Waals surface area contributed by atoms with Crippen molar-refractivity contribution in [3.05, 3.63) is 18.1 Å². The molecule has 5 heteroatoms. The number of nitrogens with zero attached hydrogens (tertiary/aromatic N) is 2. The fourth-order valence-electron chi connectivity index (χ4n) is 1.02. The van der Waals surface area contributed by atoms with Crippen molar-refractivity contribution in [1.82, 2.24) is 9.97 Å². The van der Waals surface area contributed by atoms with Crippen LogP contribution in [0.15, 0.2) is 12.3 Å². The number of carboxylic acid groups (broad SMARTS) is 1. The molecule has 1 atom stereocenters. The minimum absolute atomic E-state index is 0.229. The van der Waals surface area contributed by atoms with Crippen LogP contribution in [-0.4, -0.2) is 27.1 Å². The summed E-state index contributed by atoms with van der Waals surface area (Å²) in [5.74, 6) is 0.577. The second-order valence-electron chi connectivity index (χ2n) is 3.66. The van der Waals surface area contributed by atoms with Crippen molar-refractivity contribution in [3.63, 3.8) is 0 Å². The molecule has 1 aromatic heterocycles. The molecule has 15 heavy (non-hydrogen) atoms. The summed E-state index contributed by atoms with van der Waals surface area (Å²) in [6.07, 6.45) is 1.62. The van der Waals surface area contributed by atoms with Gasteiger partial charge in [0.15, 0.2) is 0 Å². The Morgan fingerprint density at radius 1 is 1.47 bits per heavy atom. The predicted octanol–water partition coefficient (Wildman–Crippen LogP) is 1.48. The Morgan fingerprint density at radius 2 is 2.13 bits per heavy atom. The lowest BCUT2D eigenvalue weighted by Gasteiger charge is -2.11. The Balaban J connectivity index is 2.78. The highest BCUT2D eigenvalue weighted by Gasteiger charge is 2.11. The van der Waals surface area contributed by atoms with Crippen LogP contribution in [0.25, 0.3) is 0 Å². The first-order chi connectivity index (χ1) is 7.00. The van der Waals surface area contributed by atoms with E-state index in [9.17, 15) is 4.79 Å². The maximum atomic E-state index is 10.6. The quantitative estimate of drug-likeness (QED) is 0.785. The van der Waals surface area contributed by atoms with E-state index in [-0.39, 0.29) is 5.92 Å². The summed E-state index contributed by atoms with van der Waals surface area (Å²) in [4.78, 5) is 18.9. The molecule has 0 aliphatic heterocycles. The lowest BCUT2D eigenvalue weighted by molar-refractivity contribution is -0.137. The Morgan fingerprint density at radius 3 is 2.67 bits per heavy atom. The topological polar surface area (TPSA) is 75.1 Å². The summed E-state index contributed by atoms with van der Waals surface area (Å²) in [7, 11) is 0. The number of anilines is 1. The van der Waals surface area contributed by atoms with Gasteiger partial charge in [0.2, 0.25) is 0 Å². The molecule has 1 rings (SSSR count). The molecular weight excluding hydrogens is 194 g/mol. The third kappa shape index (κ3) is 3.19. The number of carboxylic acids is 1. The van der Waals surface area contributed by atoms with Crippen LogP contribution < -0.4 is 5.32 Å². The number of aromatic nitrogens is 2. The van der Waals surface area contributed by atoms with Crippen LogP contribution in [0.1, 0.15) is 32.5 Å². The molecule has 0 saturated carbocycles. The normalized spacial score (nSPS) is 12.5. The molecule has 1 aromatic rings. The third-order valence-corrected chi connectivity index (χ3v) is 1.93. The minimum Gasteiger partial charge on any atom is -0.480 e. The van der Waals surface area contributed by atoms with Crippen molar-refractivity contribution < 1.29 is 9.90 Å². The molecule has 0 saturated heterocycles. The number of aliphatic carboxylic acids is 1. The Labute approximate surface area is 88.6 Å². The summed E-state index contributed by atoms with van der Waals surface area (Å²) in [6.45, 7) is 5.54. The van der Waals surface area contributed by atoms with Gasteiger partial charge in [-0.15, -0.1) is 0 Å². The Hall–Kier alpha value is -1.65. The van der Waals surface area contributed by atoms with Gasteiger partial charge in [-0.2, -0.15) is 0 Å². The monoisotopic (exact) mass is 209 g/mol. The van der Waals surface area contributed by atoms with Crippen LogP contribution in [0.5, 0.6) is 0 Å². The molecule has 0 radical (unpaired) electrons. The number of hydrogen-bond donors (Lipinski definition) is 2. The highest BCUT2D eigenvalue weighted by Crippen LogP contribution is 2.11. The van der Waals surface area contributed by atoms with Gasteiger partial charge >= 0.3 is 5.97 Å². The van der Waals surface area contributed by atoms with Crippen LogP contribution in [0.4, 0.5) is 5.82 Å². The zero-order valence-electron chi connectivity index (χ0n) is 9.06. The van der Waals surface area contributed by atoms with E-state index in [1.54, 1.807) is 19.2 Å². The molecule has 0 unspecified atom stereocenters. The lowest BCUT2D eigenvalue weighted by Crippen LogP contribution is -2.26. The standard InChI is InChI=1S/C10H15N3O2/c1-6(2)9-11-5-4-8(13-9)12-7(3)10(14)15/h4-7H,1-3H3,(H,14,15)(H,11,12,13)/t7-/m1/s1. The number of nitrogens with one attached hydrogen (secondary N) is 1. The van der Waals surface area contributed by atoms with Crippen LogP contribution in [0.3, 0.4) is 0 Å². The van der Waals surface area contributed by atoms with E-state index in [1.807, 2.05) is 13.8 Å². The molecule has 82 valence electrons.